The fourth-order valence-corrected chi connectivity index (χ4v) is 2.90. The van der Waals surface area contributed by atoms with E-state index in [1.165, 1.54) is 0 Å². The average Bonchev–Trinajstić information content (AvgIpc) is 2.46. The van der Waals surface area contributed by atoms with E-state index in [0.717, 1.165) is 22.3 Å². The van der Waals surface area contributed by atoms with Crippen molar-refractivity contribution in [3.05, 3.63) is 33.9 Å². The minimum absolute atomic E-state index is 0.00156. The van der Waals surface area contributed by atoms with Crippen LogP contribution in [-0.4, -0.2) is 22.6 Å². The summed E-state index contributed by atoms with van der Waals surface area (Å²) in [5.74, 6) is 0.00156. The van der Waals surface area contributed by atoms with Gasteiger partial charge in [-0.15, -0.1) is 0 Å². The number of hydrogen-bond donors (Lipinski definition) is 2. The van der Waals surface area contributed by atoms with Crippen LogP contribution in [0.1, 0.15) is 52.6 Å². The van der Waals surface area contributed by atoms with Crippen LogP contribution in [0.15, 0.2) is 6.07 Å². The lowest BCUT2D eigenvalue weighted by atomic mass is 9.86. The molecular formula is C15H20O3. The van der Waals surface area contributed by atoms with E-state index in [4.69, 9.17) is 5.11 Å². The predicted octanol–water partition coefficient (Wildman–Crippen LogP) is 2.09. The SMILES string of the molecule is Cc1cc2c(c(C)c1CCO)C(=O)C(C)(C)C2O. The van der Waals surface area contributed by atoms with Crippen LogP contribution < -0.4 is 0 Å². The number of aliphatic hydroxyl groups excluding tert-OH is 2. The Balaban J connectivity index is 2.69. The summed E-state index contributed by atoms with van der Waals surface area (Å²) in [6.07, 6.45) is -0.185. The monoisotopic (exact) mass is 248 g/mol. The summed E-state index contributed by atoms with van der Waals surface area (Å²) < 4.78 is 0. The molecule has 3 nitrogen and oxygen atoms in total. The van der Waals surface area contributed by atoms with Gasteiger partial charge < -0.3 is 10.2 Å². The number of fused-ring (bicyclic) bond motifs is 1. The first-order chi connectivity index (χ1) is 8.32. The Morgan fingerprint density at radius 3 is 2.50 bits per heavy atom. The van der Waals surface area contributed by atoms with Gasteiger partial charge in [0.1, 0.15) is 0 Å². The largest absolute Gasteiger partial charge is 0.396 e. The van der Waals surface area contributed by atoms with Crippen LogP contribution in [0, 0.1) is 19.3 Å². The van der Waals surface area contributed by atoms with Crippen LogP contribution in [0.2, 0.25) is 0 Å². The topological polar surface area (TPSA) is 57.5 Å². The maximum absolute atomic E-state index is 12.4. The van der Waals surface area contributed by atoms with Gasteiger partial charge in [0.05, 0.1) is 11.5 Å². The molecular weight excluding hydrogens is 228 g/mol. The van der Waals surface area contributed by atoms with Gasteiger partial charge in [0.25, 0.3) is 0 Å². The Hall–Kier alpha value is -1.19. The molecule has 0 amide bonds. The highest BCUT2D eigenvalue weighted by Crippen LogP contribution is 2.47. The molecule has 18 heavy (non-hydrogen) atoms. The molecule has 98 valence electrons. The molecule has 0 saturated carbocycles. The van der Waals surface area contributed by atoms with E-state index in [1.54, 1.807) is 13.8 Å². The van der Waals surface area contributed by atoms with Crippen LogP contribution in [0.5, 0.6) is 0 Å². The number of benzene rings is 1. The van der Waals surface area contributed by atoms with E-state index in [-0.39, 0.29) is 12.4 Å². The molecule has 1 unspecified atom stereocenters. The number of carbonyl (C=O) groups excluding carboxylic acids is 1. The minimum Gasteiger partial charge on any atom is -0.396 e. The first-order valence-electron chi connectivity index (χ1n) is 6.29. The normalized spacial score (nSPS) is 21.2. The second-order valence-corrected chi connectivity index (χ2v) is 5.69. The molecule has 0 heterocycles. The molecule has 3 heteroatoms. The zero-order valence-corrected chi connectivity index (χ0v) is 11.4. The van der Waals surface area contributed by atoms with E-state index in [1.807, 2.05) is 19.9 Å². The molecule has 2 rings (SSSR count). The molecule has 1 aliphatic carbocycles. The van der Waals surface area contributed by atoms with Crippen molar-refractivity contribution in [1.82, 2.24) is 0 Å². The Morgan fingerprint density at radius 1 is 1.33 bits per heavy atom. The van der Waals surface area contributed by atoms with Crippen molar-refractivity contribution in [1.29, 1.82) is 0 Å². The zero-order valence-electron chi connectivity index (χ0n) is 11.4. The number of hydrogen-bond acceptors (Lipinski definition) is 3. The fourth-order valence-electron chi connectivity index (χ4n) is 2.90. The minimum atomic E-state index is -0.753. The molecule has 0 spiro atoms. The third-order valence-electron chi connectivity index (χ3n) is 4.12. The molecule has 0 aromatic heterocycles. The quantitative estimate of drug-likeness (QED) is 0.842. The van der Waals surface area contributed by atoms with Crippen molar-refractivity contribution in [2.45, 2.75) is 40.2 Å². The van der Waals surface area contributed by atoms with Crippen molar-refractivity contribution >= 4 is 5.78 Å². The standard InChI is InChI=1S/C15H20O3/c1-8-7-11-12(9(2)10(8)5-6-16)14(18)15(3,4)13(11)17/h7,13,16-17H,5-6H2,1-4H3. The summed E-state index contributed by atoms with van der Waals surface area (Å²) in [5.41, 5.74) is 3.61. The van der Waals surface area contributed by atoms with Crippen molar-refractivity contribution in [3.8, 4) is 0 Å². The molecule has 1 aromatic carbocycles. The summed E-state index contributed by atoms with van der Waals surface area (Å²) in [7, 11) is 0. The smallest absolute Gasteiger partial charge is 0.172 e. The molecule has 1 aromatic rings. The van der Waals surface area contributed by atoms with Gasteiger partial charge in [-0.3, -0.25) is 4.79 Å². The summed E-state index contributed by atoms with van der Waals surface area (Å²) >= 11 is 0. The molecule has 0 aliphatic heterocycles. The van der Waals surface area contributed by atoms with Gasteiger partial charge in [0, 0.05) is 12.2 Å². The molecule has 0 bridgehead atoms. The number of aryl methyl sites for hydroxylation is 1. The number of Topliss-reactive ketones (excluding diaryl/α,β-unsaturated/α-hetero) is 1. The summed E-state index contributed by atoms with van der Waals surface area (Å²) in [6, 6.07) is 1.89. The summed E-state index contributed by atoms with van der Waals surface area (Å²) in [6.45, 7) is 7.49. The van der Waals surface area contributed by atoms with Crippen molar-refractivity contribution < 1.29 is 15.0 Å². The number of carbonyl (C=O) groups is 1. The van der Waals surface area contributed by atoms with Crippen molar-refractivity contribution in [2.24, 2.45) is 5.41 Å². The van der Waals surface area contributed by atoms with E-state index >= 15 is 0 Å². The Kier molecular flexibility index (Phi) is 3.07. The van der Waals surface area contributed by atoms with Gasteiger partial charge in [-0.05, 0) is 56.4 Å². The van der Waals surface area contributed by atoms with Gasteiger partial charge >= 0.3 is 0 Å². The lowest BCUT2D eigenvalue weighted by Crippen LogP contribution is -2.23. The first-order valence-corrected chi connectivity index (χ1v) is 6.29. The lowest BCUT2D eigenvalue weighted by molar-refractivity contribution is 0.0491. The average molecular weight is 248 g/mol. The predicted molar refractivity (Wildman–Crippen MR) is 69.8 cm³/mol. The van der Waals surface area contributed by atoms with Crippen LogP contribution in [0.4, 0.5) is 0 Å². The highest BCUT2D eigenvalue weighted by molar-refractivity contribution is 6.06. The Labute approximate surface area is 107 Å². The maximum atomic E-state index is 12.4. The van der Waals surface area contributed by atoms with Gasteiger partial charge in [0.2, 0.25) is 0 Å². The van der Waals surface area contributed by atoms with Crippen LogP contribution >= 0.6 is 0 Å². The van der Waals surface area contributed by atoms with Gasteiger partial charge in [-0.25, -0.2) is 0 Å². The molecule has 0 radical (unpaired) electrons. The number of ketones is 1. The third kappa shape index (κ3) is 1.62. The van der Waals surface area contributed by atoms with Gasteiger partial charge in [0.15, 0.2) is 5.78 Å². The van der Waals surface area contributed by atoms with Crippen LogP contribution in [0.25, 0.3) is 0 Å². The van der Waals surface area contributed by atoms with Crippen LogP contribution in [0.3, 0.4) is 0 Å². The fraction of sp³-hybridized carbons (Fsp3) is 0.533. The zero-order chi connectivity index (χ0) is 13.7. The highest BCUT2D eigenvalue weighted by atomic mass is 16.3. The highest BCUT2D eigenvalue weighted by Gasteiger charge is 2.46. The molecule has 1 aliphatic rings. The molecule has 1 atom stereocenters. The Bertz CT molecular complexity index is 515. The number of rotatable bonds is 2. The second kappa shape index (κ2) is 4.18. The molecule has 0 fully saturated rings. The molecule has 0 saturated heterocycles. The van der Waals surface area contributed by atoms with E-state index < -0.39 is 11.5 Å². The van der Waals surface area contributed by atoms with Crippen molar-refractivity contribution in [3.63, 3.8) is 0 Å². The van der Waals surface area contributed by atoms with E-state index in [2.05, 4.69) is 0 Å². The molecule has 2 N–H and O–H groups in total. The van der Waals surface area contributed by atoms with E-state index in [0.29, 0.717) is 12.0 Å². The number of aliphatic hydroxyl groups is 2. The second-order valence-electron chi connectivity index (χ2n) is 5.69. The van der Waals surface area contributed by atoms with Gasteiger partial charge in [-0.2, -0.15) is 0 Å². The van der Waals surface area contributed by atoms with Gasteiger partial charge in [-0.1, -0.05) is 6.07 Å². The summed E-state index contributed by atoms with van der Waals surface area (Å²) in [5, 5.41) is 19.4. The van der Waals surface area contributed by atoms with E-state index in [9.17, 15) is 9.90 Å². The van der Waals surface area contributed by atoms with Crippen molar-refractivity contribution in [2.75, 3.05) is 6.61 Å². The maximum Gasteiger partial charge on any atom is 0.172 e. The lowest BCUT2D eigenvalue weighted by Gasteiger charge is -2.20. The summed E-state index contributed by atoms with van der Waals surface area (Å²) in [4.78, 5) is 12.4. The first kappa shape index (κ1) is 13.2. The Morgan fingerprint density at radius 2 is 1.94 bits per heavy atom. The third-order valence-corrected chi connectivity index (χ3v) is 4.12. The van der Waals surface area contributed by atoms with Crippen LogP contribution in [-0.2, 0) is 6.42 Å².